The van der Waals surface area contributed by atoms with Crippen LogP contribution in [-0.4, -0.2) is 63.1 Å². The predicted molar refractivity (Wildman–Crippen MR) is 83.2 cm³/mol. The van der Waals surface area contributed by atoms with Gasteiger partial charge < -0.3 is 9.80 Å². The standard InChI is InChI=1S/C14H24BN3/c1-4-14(16-3)6-5-13(2)18-11-9-17(8-7-15)10-12-18/h4-6H,1-2,7-12,15H2,3H3/b6-5-,16-14-. The van der Waals surface area contributed by atoms with E-state index in [1.807, 2.05) is 12.2 Å². The highest BCUT2D eigenvalue weighted by atomic mass is 15.3. The second kappa shape index (κ2) is 7.93. The number of allylic oxidation sites excluding steroid dienone is 3. The summed E-state index contributed by atoms with van der Waals surface area (Å²) in [4.78, 5) is 8.95. The average Bonchev–Trinajstić information content (AvgIpc) is 2.41. The van der Waals surface area contributed by atoms with E-state index >= 15 is 0 Å². The molecule has 0 N–H and O–H groups in total. The molecule has 4 heteroatoms. The molecule has 3 nitrogen and oxygen atoms in total. The molecule has 0 unspecified atom stereocenters. The first-order valence-corrected chi connectivity index (χ1v) is 6.64. The Labute approximate surface area is 112 Å². The third-order valence-corrected chi connectivity index (χ3v) is 3.23. The molecule has 0 atom stereocenters. The smallest absolute Gasteiger partial charge is 0.103 e. The molecule has 0 radical (unpaired) electrons. The third-order valence-electron chi connectivity index (χ3n) is 3.23. The fraction of sp³-hybridized carbons (Fsp3) is 0.500. The Bertz CT molecular complexity index is 339. The first kappa shape index (κ1) is 14.8. The average molecular weight is 245 g/mol. The van der Waals surface area contributed by atoms with Crippen molar-refractivity contribution in [2.45, 2.75) is 6.32 Å². The van der Waals surface area contributed by atoms with E-state index in [1.54, 1.807) is 13.1 Å². The van der Waals surface area contributed by atoms with E-state index in [1.165, 1.54) is 12.9 Å². The van der Waals surface area contributed by atoms with Gasteiger partial charge in [-0.05, 0) is 24.8 Å². The first-order chi connectivity index (χ1) is 8.71. The lowest BCUT2D eigenvalue weighted by Gasteiger charge is -2.36. The SMILES string of the molecule is BCCN1CCN(C(=C)/C=C\C(C=C)=N/C)CC1. The van der Waals surface area contributed by atoms with Crippen molar-refractivity contribution < 1.29 is 0 Å². The van der Waals surface area contributed by atoms with Gasteiger partial charge in [-0.15, -0.1) is 0 Å². The zero-order valence-corrected chi connectivity index (χ0v) is 11.7. The molecule has 98 valence electrons. The summed E-state index contributed by atoms with van der Waals surface area (Å²) in [5.41, 5.74) is 1.95. The minimum absolute atomic E-state index is 0.890. The summed E-state index contributed by atoms with van der Waals surface area (Å²) >= 11 is 0. The molecule has 0 spiro atoms. The molecule has 0 saturated carbocycles. The Morgan fingerprint density at radius 2 is 1.94 bits per heavy atom. The number of nitrogens with zero attached hydrogens (tertiary/aromatic N) is 3. The van der Waals surface area contributed by atoms with E-state index < -0.39 is 0 Å². The maximum atomic E-state index is 4.12. The zero-order valence-electron chi connectivity index (χ0n) is 11.7. The second-order valence-electron chi connectivity index (χ2n) is 4.51. The van der Waals surface area contributed by atoms with Crippen molar-refractivity contribution in [2.75, 3.05) is 39.8 Å². The van der Waals surface area contributed by atoms with Gasteiger partial charge in [-0.1, -0.05) is 19.5 Å². The van der Waals surface area contributed by atoms with Crippen molar-refractivity contribution in [2.24, 2.45) is 4.99 Å². The fourth-order valence-corrected chi connectivity index (χ4v) is 2.10. The number of rotatable bonds is 6. The van der Waals surface area contributed by atoms with Gasteiger partial charge in [0.1, 0.15) is 7.85 Å². The Kier molecular flexibility index (Phi) is 6.51. The lowest BCUT2D eigenvalue weighted by atomic mass is 10.0. The fourth-order valence-electron chi connectivity index (χ4n) is 2.10. The molecule has 1 rings (SSSR count). The molecule has 1 fully saturated rings. The zero-order chi connectivity index (χ0) is 13.4. The highest BCUT2D eigenvalue weighted by Gasteiger charge is 2.15. The highest BCUT2D eigenvalue weighted by Crippen LogP contribution is 2.09. The Morgan fingerprint density at radius 1 is 1.28 bits per heavy atom. The molecule has 1 heterocycles. The molecule has 1 saturated heterocycles. The third kappa shape index (κ3) is 4.53. The van der Waals surface area contributed by atoms with Crippen molar-refractivity contribution in [1.82, 2.24) is 9.80 Å². The van der Waals surface area contributed by atoms with Crippen LogP contribution in [-0.2, 0) is 0 Å². The molecule has 0 aromatic heterocycles. The maximum Gasteiger partial charge on any atom is 0.103 e. The van der Waals surface area contributed by atoms with Crippen molar-refractivity contribution in [3.63, 3.8) is 0 Å². The van der Waals surface area contributed by atoms with Crippen molar-refractivity contribution in [1.29, 1.82) is 0 Å². The van der Waals surface area contributed by atoms with E-state index in [2.05, 4.69) is 35.8 Å². The number of hydrogen-bond donors (Lipinski definition) is 0. The van der Waals surface area contributed by atoms with E-state index in [0.29, 0.717) is 0 Å². The van der Waals surface area contributed by atoms with Crippen LogP contribution >= 0.6 is 0 Å². The molecule has 0 aromatic carbocycles. The van der Waals surface area contributed by atoms with E-state index in [4.69, 9.17) is 0 Å². The summed E-state index contributed by atoms with van der Waals surface area (Å²) in [6.45, 7) is 13.5. The molecule has 0 amide bonds. The summed E-state index contributed by atoms with van der Waals surface area (Å²) in [6, 6.07) is 0. The summed E-state index contributed by atoms with van der Waals surface area (Å²) < 4.78 is 0. The Hall–Kier alpha value is -1.29. The van der Waals surface area contributed by atoms with Crippen molar-refractivity contribution >= 4 is 13.6 Å². The number of hydrogen-bond acceptors (Lipinski definition) is 3. The summed E-state index contributed by atoms with van der Waals surface area (Å²) in [6.07, 6.45) is 6.98. The minimum Gasteiger partial charge on any atom is -0.369 e. The van der Waals surface area contributed by atoms with Gasteiger partial charge in [0.2, 0.25) is 0 Å². The topological polar surface area (TPSA) is 18.8 Å². The number of aliphatic imine (C=N–C) groups is 1. The van der Waals surface area contributed by atoms with Crippen LogP contribution in [0.5, 0.6) is 0 Å². The molecule has 1 aliphatic rings. The van der Waals surface area contributed by atoms with Gasteiger partial charge >= 0.3 is 0 Å². The molecule has 0 aliphatic carbocycles. The van der Waals surface area contributed by atoms with Crippen molar-refractivity contribution in [3.8, 4) is 0 Å². The normalized spacial score (nSPS) is 18.3. The van der Waals surface area contributed by atoms with Gasteiger partial charge in [-0.25, -0.2) is 0 Å². The van der Waals surface area contributed by atoms with Crippen LogP contribution in [0.1, 0.15) is 0 Å². The molecule has 0 aromatic rings. The van der Waals surface area contributed by atoms with Crippen LogP contribution in [0.2, 0.25) is 6.32 Å². The van der Waals surface area contributed by atoms with Gasteiger partial charge in [-0.2, -0.15) is 0 Å². The van der Waals surface area contributed by atoms with Crippen LogP contribution in [0.25, 0.3) is 0 Å². The van der Waals surface area contributed by atoms with E-state index in [-0.39, 0.29) is 0 Å². The van der Waals surface area contributed by atoms with Crippen LogP contribution in [0, 0.1) is 0 Å². The van der Waals surface area contributed by atoms with Crippen LogP contribution in [0.4, 0.5) is 0 Å². The molecule has 0 bridgehead atoms. The maximum absolute atomic E-state index is 4.12. The summed E-state index contributed by atoms with van der Waals surface area (Å²) in [5.74, 6) is 0. The summed E-state index contributed by atoms with van der Waals surface area (Å²) in [5, 5.41) is 0. The summed E-state index contributed by atoms with van der Waals surface area (Å²) in [7, 11) is 4.00. The monoisotopic (exact) mass is 245 g/mol. The van der Waals surface area contributed by atoms with Gasteiger partial charge in [0.25, 0.3) is 0 Å². The van der Waals surface area contributed by atoms with Gasteiger partial charge in [0, 0.05) is 38.9 Å². The number of piperazine rings is 1. The van der Waals surface area contributed by atoms with Gasteiger partial charge in [-0.3, -0.25) is 4.99 Å². The quantitative estimate of drug-likeness (QED) is 0.394. The predicted octanol–water partition coefficient (Wildman–Crippen LogP) is 0.982. The van der Waals surface area contributed by atoms with E-state index in [0.717, 1.165) is 37.6 Å². The largest absolute Gasteiger partial charge is 0.369 e. The van der Waals surface area contributed by atoms with Gasteiger partial charge in [0.05, 0.1) is 5.71 Å². The van der Waals surface area contributed by atoms with Crippen LogP contribution in [0.3, 0.4) is 0 Å². The van der Waals surface area contributed by atoms with Crippen LogP contribution in [0.15, 0.2) is 42.1 Å². The second-order valence-corrected chi connectivity index (χ2v) is 4.51. The molecule has 18 heavy (non-hydrogen) atoms. The molecular formula is C14H24BN3. The Morgan fingerprint density at radius 3 is 2.44 bits per heavy atom. The Balaban J connectivity index is 2.43. The van der Waals surface area contributed by atoms with Crippen LogP contribution < -0.4 is 0 Å². The first-order valence-electron chi connectivity index (χ1n) is 6.64. The highest BCUT2D eigenvalue weighted by molar-refractivity contribution is 6.08. The lowest BCUT2D eigenvalue weighted by molar-refractivity contribution is 0.169. The minimum atomic E-state index is 0.890. The lowest BCUT2D eigenvalue weighted by Crippen LogP contribution is -2.45. The molecule has 1 aliphatic heterocycles. The molecular weight excluding hydrogens is 221 g/mol. The van der Waals surface area contributed by atoms with Gasteiger partial charge in [0.15, 0.2) is 0 Å². The van der Waals surface area contributed by atoms with Crippen molar-refractivity contribution in [3.05, 3.63) is 37.1 Å². The van der Waals surface area contributed by atoms with E-state index in [9.17, 15) is 0 Å².